The molecule has 8 nitrogen and oxygen atoms in total. The summed E-state index contributed by atoms with van der Waals surface area (Å²) in [7, 11) is 0. The molecule has 2 fully saturated rings. The monoisotopic (exact) mass is 572 g/mol. The molecule has 0 radical (unpaired) electrons. The summed E-state index contributed by atoms with van der Waals surface area (Å²) in [4.78, 5) is 23.7. The van der Waals surface area contributed by atoms with Crippen LogP contribution in [0.5, 0.6) is 5.75 Å². The standard InChI is InChI=1S/C35H36N6O2/c36-33-32-30(25-10-6-11-27(18-25)43-21-23-8-2-1-3-9-23)20-41(35(32)39-22-38-33)26-16-24(17-26)19-40-15-7-14-31(40)28-12-4-5-13-29(28)34(37)42/h1-6,8-13,18,20,22,24,26,31H,7,14-17,19,21H2,(H2,37,42)(H2,36,38,39)/t24?,26?,31-/m0/s1. The summed E-state index contributed by atoms with van der Waals surface area (Å²) < 4.78 is 8.41. The number of amides is 1. The van der Waals surface area contributed by atoms with E-state index in [-0.39, 0.29) is 11.9 Å². The van der Waals surface area contributed by atoms with Crippen molar-refractivity contribution in [2.24, 2.45) is 11.7 Å². The molecular weight excluding hydrogens is 536 g/mol. The third kappa shape index (κ3) is 5.34. The fourth-order valence-electron chi connectivity index (χ4n) is 6.92. The molecule has 1 saturated heterocycles. The van der Waals surface area contributed by atoms with E-state index in [1.807, 2.05) is 48.5 Å². The lowest BCUT2D eigenvalue weighted by Crippen LogP contribution is -2.37. The van der Waals surface area contributed by atoms with Crippen molar-refractivity contribution in [3.05, 3.63) is 108 Å². The Morgan fingerprint density at radius 1 is 0.977 bits per heavy atom. The van der Waals surface area contributed by atoms with Crippen LogP contribution in [0.1, 0.15) is 59.3 Å². The van der Waals surface area contributed by atoms with Crippen LogP contribution < -0.4 is 16.2 Å². The fraction of sp³-hybridized carbons (Fsp3) is 0.286. The fourth-order valence-corrected chi connectivity index (χ4v) is 6.92. The highest BCUT2D eigenvalue weighted by molar-refractivity contribution is 6.00. The van der Waals surface area contributed by atoms with E-state index in [0.717, 1.165) is 77.8 Å². The molecule has 0 bridgehead atoms. The molecule has 7 rings (SSSR count). The van der Waals surface area contributed by atoms with Crippen LogP contribution in [0.25, 0.3) is 22.2 Å². The number of fused-ring (bicyclic) bond motifs is 1. The lowest BCUT2D eigenvalue weighted by atomic mass is 9.79. The first-order chi connectivity index (χ1) is 21.0. The van der Waals surface area contributed by atoms with E-state index >= 15 is 0 Å². The van der Waals surface area contributed by atoms with Gasteiger partial charge in [0, 0.05) is 36.0 Å². The van der Waals surface area contributed by atoms with Gasteiger partial charge in [0.15, 0.2) is 0 Å². The molecule has 5 aromatic rings. The Kier molecular flexibility index (Phi) is 7.28. The molecule has 8 heteroatoms. The number of nitrogens with two attached hydrogens (primary N) is 2. The Morgan fingerprint density at radius 3 is 2.63 bits per heavy atom. The van der Waals surface area contributed by atoms with Gasteiger partial charge in [-0.1, -0.05) is 60.7 Å². The first-order valence-electron chi connectivity index (χ1n) is 15.1. The SMILES string of the molecule is NC(=O)c1ccccc1[C@@H]1CCCN1CC1CC(n2cc(-c3cccc(OCc4ccccc4)c3)c3c(N)ncnc32)C1. The van der Waals surface area contributed by atoms with Crippen LogP contribution in [0.4, 0.5) is 5.82 Å². The van der Waals surface area contributed by atoms with Crippen molar-refractivity contribution < 1.29 is 9.53 Å². The van der Waals surface area contributed by atoms with Gasteiger partial charge in [0.05, 0.1) is 5.39 Å². The number of benzene rings is 3. The molecule has 218 valence electrons. The molecular formula is C35H36N6O2. The number of carbonyl (C=O) groups is 1. The van der Waals surface area contributed by atoms with E-state index in [1.165, 1.54) is 0 Å². The quantitative estimate of drug-likeness (QED) is 0.219. The van der Waals surface area contributed by atoms with Gasteiger partial charge in [0.2, 0.25) is 5.91 Å². The molecule has 0 spiro atoms. The van der Waals surface area contributed by atoms with Gasteiger partial charge in [-0.15, -0.1) is 0 Å². The molecule has 43 heavy (non-hydrogen) atoms. The Balaban J connectivity index is 1.09. The summed E-state index contributed by atoms with van der Waals surface area (Å²) in [6, 6.07) is 26.7. The molecule has 2 aliphatic rings. The average Bonchev–Trinajstić information content (AvgIpc) is 3.64. The number of ether oxygens (including phenoxy) is 1. The molecule has 4 N–H and O–H groups in total. The van der Waals surface area contributed by atoms with E-state index in [1.54, 1.807) is 6.33 Å². The van der Waals surface area contributed by atoms with Crippen molar-refractivity contribution in [1.29, 1.82) is 0 Å². The first kappa shape index (κ1) is 27.2. The summed E-state index contributed by atoms with van der Waals surface area (Å²) in [6.07, 6.45) is 8.05. The largest absolute Gasteiger partial charge is 0.489 e. The molecule has 0 unspecified atom stereocenters. The van der Waals surface area contributed by atoms with Gasteiger partial charge in [-0.25, -0.2) is 9.97 Å². The van der Waals surface area contributed by atoms with Crippen LogP contribution in [-0.4, -0.2) is 38.4 Å². The lowest BCUT2D eigenvalue weighted by Gasteiger charge is -2.40. The third-order valence-corrected chi connectivity index (χ3v) is 9.08. The lowest BCUT2D eigenvalue weighted by molar-refractivity contribution is 0.0993. The zero-order chi connectivity index (χ0) is 29.3. The minimum absolute atomic E-state index is 0.241. The van der Waals surface area contributed by atoms with Crippen LogP contribution in [0.2, 0.25) is 0 Å². The van der Waals surface area contributed by atoms with Crippen molar-refractivity contribution in [3.63, 3.8) is 0 Å². The number of carbonyl (C=O) groups excluding carboxylic acids is 1. The molecule has 1 aliphatic carbocycles. The van der Waals surface area contributed by atoms with Crippen molar-refractivity contribution >= 4 is 22.8 Å². The number of aromatic nitrogens is 3. The molecule has 3 aromatic carbocycles. The van der Waals surface area contributed by atoms with E-state index in [4.69, 9.17) is 16.2 Å². The van der Waals surface area contributed by atoms with E-state index < -0.39 is 0 Å². The van der Waals surface area contributed by atoms with Gasteiger partial charge >= 0.3 is 0 Å². The van der Waals surface area contributed by atoms with E-state index in [0.29, 0.717) is 29.9 Å². The van der Waals surface area contributed by atoms with Gasteiger partial charge in [-0.05, 0) is 73.0 Å². The molecule has 1 atom stereocenters. The molecule has 1 aliphatic heterocycles. The topological polar surface area (TPSA) is 112 Å². The van der Waals surface area contributed by atoms with Crippen molar-refractivity contribution in [3.8, 4) is 16.9 Å². The summed E-state index contributed by atoms with van der Waals surface area (Å²) >= 11 is 0. The van der Waals surface area contributed by atoms with Crippen LogP contribution in [0.3, 0.4) is 0 Å². The Morgan fingerprint density at radius 2 is 1.79 bits per heavy atom. The van der Waals surface area contributed by atoms with Gasteiger partial charge in [-0.3, -0.25) is 9.69 Å². The van der Waals surface area contributed by atoms with E-state index in [2.05, 4.69) is 56.0 Å². The Labute approximate surface area is 251 Å². The maximum Gasteiger partial charge on any atom is 0.249 e. The number of rotatable bonds is 9. The Hall–Kier alpha value is -4.69. The van der Waals surface area contributed by atoms with Crippen LogP contribution in [0.15, 0.2) is 91.4 Å². The van der Waals surface area contributed by atoms with Crippen LogP contribution in [-0.2, 0) is 6.61 Å². The van der Waals surface area contributed by atoms with Gasteiger partial charge in [-0.2, -0.15) is 0 Å². The second kappa shape index (κ2) is 11.5. The van der Waals surface area contributed by atoms with Crippen LogP contribution in [0, 0.1) is 5.92 Å². The molecule has 3 heterocycles. The summed E-state index contributed by atoms with van der Waals surface area (Å²) in [5.41, 5.74) is 17.9. The predicted molar refractivity (Wildman–Crippen MR) is 168 cm³/mol. The van der Waals surface area contributed by atoms with Crippen molar-refractivity contribution in [1.82, 2.24) is 19.4 Å². The summed E-state index contributed by atoms with van der Waals surface area (Å²) in [6.45, 7) is 2.56. The minimum Gasteiger partial charge on any atom is -0.489 e. The highest BCUT2D eigenvalue weighted by atomic mass is 16.5. The number of hydrogen-bond acceptors (Lipinski definition) is 6. The first-order valence-corrected chi connectivity index (χ1v) is 15.1. The van der Waals surface area contributed by atoms with E-state index in [9.17, 15) is 4.79 Å². The van der Waals surface area contributed by atoms with Crippen molar-refractivity contribution in [2.75, 3.05) is 18.8 Å². The van der Waals surface area contributed by atoms with Crippen LogP contribution >= 0.6 is 0 Å². The number of likely N-dealkylation sites (tertiary alicyclic amines) is 1. The smallest absolute Gasteiger partial charge is 0.249 e. The highest BCUT2D eigenvalue weighted by Gasteiger charge is 2.37. The second-order valence-electron chi connectivity index (χ2n) is 11.8. The zero-order valence-electron chi connectivity index (χ0n) is 24.1. The van der Waals surface area contributed by atoms with Gasteiger partial charge < -0.3 is 20.8 Å². The summed E-state index contributed by atoms with van der Waals surface area (Å²) in [5, 5.41) is 0.883. The number of nitrogen functional groups attached to an aromatic ring is 1. The number of anilines is 1. The molecule has 1 amide bonds. The predicted octanol–water partition coefficient (Wildman–Crippen LogP) is 6.15. The van der Waals surface area contributed by atoms with Gasteiger partial charge in [0.1, 0.15) is 30.1 Å². The second-order valence-corrected chi connectivity index (χ2v) is 11.8. The number of primary amides is 1. The zero-order valence-corrected chi connectivity index (χ0v) is 24.1. The molecule has 2 aromatic heterocycles. The maximum absolute atomic E-state index is 12.1. The highest BCUT2D eigenvalue weighted by Crippen LogP contribution is 2.45. The Bertz CT molecular complexity index is 1760. The number of nitrogens with zero attached hydrogens (tertiary/aromatic N) is 4. The average molecular weight is 573 g/mol. The maximum atomic E-state index is 12.1. The normalized spacial score (nSPS) is 20.2. The number of hydrogen-bond donors (Lipinski definition) is 2. The third-order valence-electron chi connectivity index (χ3n) is 9.08. The minimum atomic E-state index is -0.351. The van der Waals surface area contributed by atoms with Gasteiger partial charge in [0.25, 0.3) is 0 Å². The molecule has 1 saturated carbocycles. The van der Waals surface area contributed by atoms with Crippen molar-refractivity contribution in [2.45, 2.75) is 44.4 Å². The summed E-state index contributed by atoms with van der Waals surface area (Å²) in [5.74, 6) is 1.51.